The van der Waals surface area contributed by atoms with Crippen LogP contribution in [0.1, 0.15) is 55.5 Å². The van der Waals surface area contributed by atoms with Gasteiger partial charge < -0.3 is 14.8 Å². The van der Waals surface area contributed by atoms with Crippen molar-refractivity contribution in [1.29, 1.82) is 0 Å². The standard InChI is InChI=1S/C23H33N3O3S2/c1-4-26-31-19-12-16(13-21(27)24-15-22(28-2)29-3)10-11-18(19)20-14-25-23(30-20)17-8-6-5-7-9-17/h10-12,14,17,22,26H,4-9,13,15H2,1-3H3,(H,24,27). The zero-order valence-electron chi connectivity index (χ0n) is 18.6. The highest BCUT2D eigenvalue weighted by molar-refractivity contribution is 7.97. The molecule has 8 heteroatoms. The third-order valence-corrected chi connectivity index (χ3v) is 7.66. The van der Waals surface area contributed by atoms with E-state index >= 15 is 0 Å². The number of carbonyl (C=O) groups is 1. The molecule has 0 spiro atoms. The molecule has 1 aromatic heterocycles. The Hall–Kier alpha value is -1.45. The SMILES string of the molecule is CCNSc1cc(CC(=O)NCC(OC)OC)ccc1-c1cnc(C2CCCCC2)s1. The number of amides is 1. The smallest absolute Gasteiger partial charge is 0.224 e. The maximum absolute atomic E-state index is 12.4. The number of rotatable bonds is 11. The van der Waals surface area contributed by atoms with Gasteiger partial charge in [-0.15, -0.1) is 11.3 Å². The van der Waals surface area contributed by atoms with E-state index < -0.39 is 6.29 Å². The van der Waals surface area contributed by atoms with Crippen LogP contribution in [0.2, 0.25) is 0 Å². The minimum absolute atomic E-state index is 0.0522. The number of benzene rings is 1. The maximum Gasteiger partial charge on any atom is 0.224 e. The molecule has 0 atom stereocenters. The Balaban J connectivity index is 1.72. The highest BCUT2D eigenvalue weighted by Gasteiger charge is 2.20. The third kappa shape index (κ3) is 7.02. The summed E-state index contributed by atoms with van der Waals surface area (Å²) in [6, 6.07) is 6.26. The molecule has 0 radical (unpaired) electrons. The molecule has 1 fully saturated rings. The summed E-state index contributed by atoms with van der Waals surface area (Å²) in [7, 11) is 3.12. The number of aromatic nitrogens is 1. The van der Waals surface area contributed by atoms with Gasteiger partial charge in [0.25, 0.3) is 0 Å². The monoisotopic (exact) mass is 463 g/mol. The van der Waals surface area contributed by atoms with Gasteiger partial charge in [-0.3, -0.25) is 9.52 Å². The van der Waals surface area contributed by atoms with Crippen molar-refractivity contribution in [3.8, 4) is 10.4 Å². The highest BCUT2D eigenvalue weighted by Crippen LogP contribution is 2.40. The average molecular weight is 464 g/mol. The van der Waals surface area contributed by atoms with E-state index in [4.69, 9.17) is 14.5 Å². The second kappa shape index (κ2) is 12.6. The van der Waals surface area contributed by atoms with Crippen LogP contribution in [-0.4, -0.2) is 44.5 Å². The summed E-state index contributed by atoms with van der Waals surface area (Å²) >= 11 is 3.43. The Morgan fingerprint density at radius 2 is 2.03 bits per heavy atom. The van der Waals surface area contributed by atoms with Gasteiger partial charge >= 0.3 is 0 Å². The lowest BCUT2D eigenvalue weighted by Gasteiger charge is -2.18. The highest BCUT2D eigenvalue weighted by atomic mass is 32.2. The number of thiazole rings is 1. The number of methoxy groups -OCH3 is 2. The number of nitrogens with zero attached hydrogens (tertiary/aromatic N) is 1. The lowest BCUT2D eigenvalue weighted by molar-refractivity contribution is -0.126. The Labute approximate surface area is 193 Å². The Morgan fingerprint density at radius 3 is 2.74 bits per heavy atom. The minimum Gasteiger partial charge on any atom is -0.354 e. The van der Waals surface area contributed by atoms with Gasteiger partial charge in [-0.05, 0) is 36.4 Å². The zero-order chi connectivity index (χ0) is 22.1. The van der Waals surface area contributed by atoms with Crippen molar-refractivity contribution in [2.75, 3.05) is 27.3 Å². The molecule has 0 aliphatic heterocycles. The molecule has 1 amide bonds. The fraction of sp³-hybridized carbons (Fsp3) is 0.565. The molecule has 0 unspecified atom stereocenters. The van der Waals surface area contributed by atoms with Crippen molar-refractivity contribution >= 4 is 29.2 Å². The molecule has 1 aromatic carbocycles. The molecule has 1 aliphatic rings. The van der Waals surface area contributed by atoms with Gasteiger partial charge in [0.2, 0.25) is 5.91 Å². The summed E-state index contributed by atoms with van der Waals surface area (Å²) in [4.78, 5) is 19.4. The van der Waals surface area contributed by atoms with Gasteiger partial charge in [0, 0.05) is 43.3 Å². The second-order valence-corrected chi connectivity index (χ2v) is 9.70. The summed E-state index contributed by atoms with van der Waals surface area (Å²) in [6.07, 6.45) is 8.39. The molecule has 1 saturated carbocycles. The Kier molecular flexibility index (Phi) is 9.80. The van der Waals surface area contributed by atoms with E-state index in [1.54, 1.807) is 26.2 Å². The van der Waals surface area contributed by atoms with Crippen molar-refractivity contribution in [3.63, 3.8) is 0 Å². The first-order chi connectivity index (χ1) is 15.1. The quantitative estimate of drug-likeness (QED) is 0.370. The average Bonchev–Trinajstić information content (AvgIpc) is 3.29. The van der Waals surface area contributed by atoms with Crippen molar-refractivity contribution in [2.24, 2.45) is 0 Å². The van der Waals surface area contributed by atoms with Crippen LogP contribution in [0.3, 0.4) is 0 Å². The molecule has 1 aliphatic carbocycles. The van der Waals surface area contributed by atoms with Gasteiger partial charge in [-0.1, -0.05) is 38.3 Å². The van der Waals surface area contributed by atoms with Crippen molar-refractivity contribution in [1.82, 2.24) is 15.0 Å². The lowest BCUT2D eigenvalue weighted by Crippen LogP contribution is -2.35. The number of nitrogens with one attached hydrogen (secondary N) is 2. The summed E-state index contributed by atoms with van der Waals surface area (Å²) in [5.74, 6) is 0.562. The predicted molar refractivity (Wildman–Crippen MR) is 127 cm³/mol. The van der Waals surface area contributed by atoms with Gasteiger partial charge in [0.15, 0.2) is 6.29 Å². The molecular formula is C23H33N3O3S2. The minimum atomic E-state index is -0.434. The molecule has 2 N–H and O–H groups in total. The molecule has 2 aromatic rings. The fourth-order valence-corrected chi connectivity index (χ4v) is 5.76. The number of ether oxygens (including phenoxy) is 2. The third-order valence-electron chi connectivity index (χ3n) is 5.47. The van der Waals surface area contributed by atoms with E-state index in [1.807, 2.05) is 23.6 Å². The number of hydrogen-bond donors (Lipinski definition) is 2. The molecule has 31 heavy (non-hydrogen) atoms. The normalized spacial score (nSPS) is 14.8. The van der Waals surface area contributed by atoms with Crippen molar-refractivity contribution in [2.45, 2.75) is 62.6 Å². The lowest BCUT2D eigenvalue weighted by atomic mass is 9.90. The molecule has 170 valence electrons. The van der Waals surface area contributed by atoms with Gasteiger partial charge in [0.1, 0.15) is 0 Å². The van der Waals surface area contributed by atoms with E-state index in [-0.39, 0.29) is 5.91 Å². The molecule has 1 heterocycles. The Morgan fingerprint density at radius 1 is 1.26 bits per heavy atom. The largest absolute Gasteiger partial charge is 0.354 e. The van der Waals surface area contributed by atoms with Crippen LogP contribution < -0.4 is 10.0 Å². The summed E-state index contributed by atoms with van der Waals surface area (Å²) in [5.41, 5.74) is 2.15. The molecule has 0 saturated heterocycles. The maximum atomic E-state index is 12.4. The Bertz CT molecular complexity index is 833. The number of carbonyl (C=O) groups excluding carboxylic acids is 1. The topological polar surface area (TPSA) is 72.5 Å². The van der Waals surface area contributed by atoms with Crippen LogP contribution in [0.4, 0.5) is 0 Å². The first-order valence-corrected chi connectivity index (χ1v) is 12.6. The van der Waals surface area contributed by atoms with Crippen LogP contribution in [0.25, 0.3) is 10.4 Å². The zero-order valence-corrected chi connectivity index (χ0v) is 20.2. The van der Waals surface area contributed by atoms with E-state index in [2.05, 4.69) is 29.1 Å². The molecule has 6 nitrogen and oxygen atoms in total. The van der Waals surface area contributed by atoms with E-state index in [1.165, 1.54) is 47.6 Å². The predicted octanol–water partition coefficient (Wildman–Crippen LogP) is 4.75. The van der Waals surface area contributed by atoms with Crippen molar-refractivity contribution < 1.29 is 14.3 Å². The van der Waals surface area contributed by atoms with E-state index in [0.717, 1.165) is 17.0 Å². The molecule has 3 rings (SSSR count). The van der Waals surface area contributed by atoms with Crippen LogP contribution >= 0.6 is 23.3 Å². The fourth-order valence-electron chi connectivity index (χ4n) is 3.77. The molecular weight excluding hydrogens is 430 g/mol. The summed E-state index contributed by atoms with van der Waals surface area (Å²) in [5, 5.41) is 4.13. The van der Waals surface area contributed by atoms with Gasteiger partial charge in [-0.2, -0.15) is 0 Å². The summed E-state index contributed by atoms with van der Waals surface area (Å²) < 4.78 is 13.6. The number of hydrogen-bond acceptors (Lipinski definition) is 7. The van der Waals surface area contributed by atoms with Crippen molar-refractivity contribution in [3.05, 3.63) is 35.0 Å². The second-order valence-electron chi connectivity index (χ2n) is 7.71. The summed E-state index contributed by atoms with van der Waals surface area (Å²) in [6.45, 7) is 3.27. The van der Waals surface area contributed by atoms with Crippen LogP contribution in [-0.2, 0) is 20.7 Å². The van der Waals surface area contributed by atoms with E-state index in [9.17, 15) is 4.79 Å². The van der Waals surface area contributed by atoms with Gasteiger partial charge in [-0.25, -0.2) is 4.98 Å². The van der Waals surface area contributed by atoms with Crippen LogP contribution in [0, 0.1) is 0 Å². The van der Waals surface area contributed by atoms with Gasteiger partial charge in [0.05, 0.1) is 22.9 Å². The first-order valence-electron chi connectivity index (χ1n) is 11.0. The van der Waals surface area contributed by atoms with Crippen LogP contribution in [0.5, 0.6) is 0 Å². The van der Waals surface area contributed by atoms with Crippen LogP contribution in [0.15, 0.2) is 29.3 Å². The van der Waals surface area contributed by atoms with E-state index in [0.29, 0.717) is 18.9 Å². The molecule has 0 bridgehead atoms. The first kappa shape index (κ1) is 24.2.